The highest BCUT2D eigenvalue weighted by Crippen LogP contribution is 2.21. The van der Waals surface area contributed by atoms with Gasteiger partial charge in [-0.05, 0) is 36.3 Å². The molecule has 1 saturated heterocycles. The van der Waals surface area contributed by atoms with Gasteiger partial charge >= 0.3 is 5.97 Å². The van der Waals surface area contributed by atoms with Gasteiger partial charge in [-0.25, -0.2) is 4.79 Å². The zero-order chi connectivity index (χ0) is 13.0. The van der Waals surface area contributed by atoms with E-state index in [1.807, 2.05) is 19.1 Å². The van der Waals surface area contributed by atoms with Crippen LogP contribution in [-0.4, -0.2) is 37.4 Å². The number of ether oxygens (including phenoxy) is 1. The third-order valence-corrected chi connectivity index (χ3v) is 3.04. The number of hydrogen-bond acceptors (Lipinski definition) is 3. The molecule has 1 aromatic rings. The second-order valence-electron chi connectivity index (χ2n) is 4.31. The molecule has 0 unspecified atom stereocenters. The number of hydrogen-bond donors (Lipinski definition) is 1. The first-order chi connectivity index (χ1) is 8.66. The molecule has 4 heteroatoms. The Bertz CT molecular complexity index is 462. The molecule has 1 fully saturated rings. The predicted octanol–water partition coefficient (Wildman–Crippen LogP) is 1.93. The summed E-state index contributed by atoms with van der Waals surface area (Å²) in [6.07, 6.45) is 2.79. The Labute approximate surface area is 106 Å². The quantitative estimate of drug-likeness (QED) is 0.829. The van der Waals surface area contributed by atoms with Crippen LogP contribution in [0.5, 0.6) is 0 Å². The highest BCUT2D eigenvalue weighted by Gasteiger charge is 2.11. The molecule has 1 heterocycles. The average Bonchev–Trinajstić information content (AvgIpc) is 2.38. The maximum atomic E-state index is 10.5. The van der Waals surface area contributed by atoms with Crippen molar-refractivity contribution >= 4 is 17.7 Å². The van der Waals surface area contributed by atoms with E-state index >= 15 is 0 Å². The molecule has 0 radical (unpaired) electrons. The number of anilines is 1. The number of aryl methyl sites for hydroxylation is 1. The van der Waals surface area contributed by atoms with Crippen LogP contribution in [0.25, 0.3) is 6.08 Å². The molecule has 1 N–H and O–H groups in total. The monoisotopic (exact) mass is 247 g/mol. The summed E-state index contributed by atoms with van der Waals surface area (Å²) in [7, 11) is 0. The van der Waals surface area contributed by atoms with Gasteiger partial charge in [0.1, 0.15) is 0 Å². The number of carboxylic acids is 1. The number of carboxylic acid groups (broad SMARTS) is 1. The maximum Gasteiger partial charge on any atom is 0.328 e. The van der Waals surface area contributed by atoms with Gasteiger partial charge in [-0.2, -0.15) is 0 Å². The predicted molar refractivity (Wildman–Crippen MR) is 70.9 cm³/mol. The summed E-state index contributed by atoms with van der Waals surface area (Å²) in [5, 5.41) is 8.62. The molecule has 0 saturated carbocycles. The number of morpholine rings is 1. The third-order valence-electron chi connectivity index (χ3n) is 3.04. The minimum absolute atomic E-state index is 0.764. The molecule has 1 aliphatic heterocycles. The SMILES string of the molecule is Cc1cc(N2CCOCC2)ccc1/C=C/C(=O)O. The van der Waals surface area contributed by atoms with Crippen molar-refractivity contribution in [3.63, 3.8) is 0 Å². The van der Waals surface area contributed by atoms with Gasteiger partial charge in [-0.3, -0.25) is 0 Å². The molecule has 0 bridgehead atoms. The summed E-state index contributed by atoms with van der Waals surface area (Å²) >= 11 is 0. The molecular formula is C14H17NO3. The van der Waals surface area contributed by atoms with Crippen molar-refractivity contribution in [1.29, 1.82) is 0 Å². The highest BCUT2D eigenvalue weighted by atomic mass is 16.5. The number of nitrogens with zero attached hydrogens (tertiary/aromatic N) is 1. The molecule has 96 valence electrons. The van der Waals surface area contributed by atoms with Gasteiger partial charge in [0.15, 0.2) is 0 Å². The zero-order valence-corrected chi connectivity index (χ0v) is 10.4. The van der Waals surface area contributed by atoms with Gasteiger partial charge in [0, 0.05) is 24.9 Å². The first kappa shape index (κ1) is 12.6. The average molecular weight is 247 g/mol. The smallest absolute Gasteiger partial charge is 0.328 e. The first-order valence-corrected chi connectivity index (χ1v) is 6.01. The highest BCUT2D eigenvalue weighted by molar-refractivity contribution is 5.85. The van der Waals surface area contributed by atoms with Crippen LogP contribution in [0.1, 0.15) is 11.1 Å². The normalized spacial score (nSPS) is 16.2. The molecule has 1 aromatic carbocycles. The fraction of sp³-hybridized carbons (Fsp3) is 0.357. The van der Waals surface area contributed by atoms with Gasteiger partial charge in [0.25, 0.3) is 0 Å². The topological polar surface area (TPSA) is 49.8 Å². The summed E-state index contributed by atoms with van der Waals surface area (Å²) in [4.78, 5) is 12.8. The molecule has 18 heavy (non-hydrogen) atoms. The van der Waals surface area contributed by atoms with E-state index in [1.165, 1.54) is 5.69 Å². The van der Waals surface area contributed by atoms with Crippen LogP contribution in [0.2, 0.25) is 0 Å². The molecule has 0 atom stereocenters. The fourth-order valence-electron chi connectivity index (χ4n) is 2.03. The third kappa shape index (κ3) is 3.11. The van der Waals surface area contributed by atoms with Crippen LogP contribution in [0, 0.1) is 6.92 Å². The molecule has 0 amide bonds. The summed E-state index contributed by atoms with van der Waals surface area (Å²) < 4.78 is 5.32. The summed E-state index contributed by atoms with van der Waals surface area (Å²) in [6.45, 7) is 5.33. The van der Waals surface area contributed by atoms with Crippen LogP contribution >= 0.6 is 0 Å². The molecule has 0 aliphatic carbocycles. The lowest BCUT2D eigenvalue weighted by molar-refractivity contribution is -0.131. The molecule has 2 rings (SSSR count). The van der Waals surface area contributed by atoms with Gasteiger partial charge in [-0.15, -0.1) is 0 Å². The van der Waals surface area contributed by atoms with Crippen molar-refractivity contribution in [3.05, 3.63) is 35.4 Å². The molecular weight excluding hydrogens is 230 g/mol. The minimum atomic E-state index is -0.924. The van der Waals surface area contributed by atoms with Crippen LogP contribution in [0.3, 0.4) is 0 Å². The Morgan fingerprint density at radius 1 is 1.39 bits per heavy atom. The Balaban J connectivity index is 2.16. The van der Waals surface area contributed by atoms with Crippen molar-refractivity contribution in [2.75, 3.05) is 31.2 Å². The second kappa shape index (κ2) is 5.69. The molecule has 1 aliphatic rings. The van der Waals surface area contributed by atoms with Crippen LogP contribution < -0.4 is 4.90 Å². The lowest BCUT2D eigenvalue weighted by atomic mass is 10.1. The van der Waals surface area contributed by atoms with E-state index in [9.17, 15) is 4.79 Å². The Morgan fingerprint density at radius 2 is 2.11 bits per heavy atom. The lowest BCUT2D eigenvalue weighted by Crippen LogP contribution is -2.36. The largest absolute Gasteiger partial charge is 0.478 e. The number of benzene rings is 1. The maximum absolute atomic E-state index is 10.5. The van der Waals surface area contributed by atoms with E-state index in [0.717, 1.165) is 43.5 Å². The molecule has 4 nitrogen and oxygen atoms in total. The Kier molecular flexibility index (Phi) is 3.99. The van der Waals surface area contributed by atoms with Crippen LogP contribution in [0.4, 0.5) is 5.69 Å². The van der Waals surface area contributed by atoms with Crippen molar-refractivity contribution < 1.29 is 14.6 Å². The van der Waals surface area contributed by atoms with Crippen molar-refractivity contribution in [3.8, 4) is 0 Å². The van der Waals surface area contributed by atoms with E-state index in [2.05, 4.69) is 11.0 Å². The lowest BCUT2D eigenvalue weighted by Gasteiger charge is -2.29. The molecule has 0 spiro atoms. The summed E-state index contributed by atoms with van der Waals surface area (Å²) in [5.74, 6) is -0.924. The van der Waals surface area contributed by atoms with E-state index in [-0.39, 0.29) is 0 Å². The van der Waals surface area contributed by atoms with E-state index in [0.29, 0.717) is 0 Å². The number of rotatable bonds is 3. The minimum Gasteiger partial charge on any atom is -0.478 e. The Hall–Kier alpha value is -1.81. The van der Waals surface area contributed by atoms with Gasteiger partial charge in [0.05, 0.1) is 13.2 Å². The van der Waals surface area contributed by atoms with E-state index < -0.39 is 5.97 Å². The van der Waals surface area contributed by atoms with Crippen LogP contribution in [-0.2, 0) is 9.53 Å². The first-order valence-electron chi connectivity index (χ1n) is 6.01. The van der Waals surface area contributed by atoms with Gasteiger partial charge in [-0.1, -0.05) is 6.07 Å². The molecule has 0 aromatic heterocycles. The van der Waals surface area contributed by atoms with Crippen molar-refractivity contribution in [2.45, 2.75) is 6.92 Å². The fourth-order valence-corrected chi connectivity index (χ4v) is 2.03. The summed E-state index contributed by atoms with van der Waals surface area (Å²) in [5.41, 5.74) is 3.19. The van der Waals surface area contributed by atoms with Crippen LogP contribution in [0.15, 0.2) is 24.3 Å². The second-order valence-corrected chi connectivity index (χ2v) is 4.31. The standard InChI is InChI=1S/C14H17NO3/c1-11-10-13(15-6-8-18-9-7-15)4-2-12(11)3-5-14(16)17/h2-5,10H,6-9H2,1H3,(H,16,17)/b5-3+. The van der Waals surface area contributed by atoms with Crippen molar-refractivity contribution in [1.82, 2.24) is 0 Å². The number of carbonyl (C=O) groups is 1. The number of aliphatic carboxylic acids is 1. The van der Waals surface area contributed by atoms with E-state index in [1.54, 1.807) is 6.08 Å². The van der Waals surface area contributed by atoms with E-state index in [4.69, 9.17) is 9.84 Å². The Morgan fingerprint density at radius 3 is 2.72 bits per heavy atom. The zero-order valence-electron chi connectivity index (χ0n) is 10.4. The van der Waals surface area contributed by atoms with Gasteiger partial charge in [0.2, 0.25) is 0 Å². The summed E-state index contributed by atoms with van der Waals surface area (Å²) in [6, 6.07) is 6.08. The van der Waals surface area contributed by atoms with Gasteiger partial charge < -0.3 is 14.7 Å². The van der Waals surface area contributed by atoms with Crippen molar-refractivity contribution in [2.24, 2.45) is 0 Å².